The van der Waals surface area contributed by atoms with Crippen LogP contribution < -0.4 is 16.0 Å². The second-order valence-electron chi connectivity index (χ2n) is 6.71. The number of anilines is 1. The number of guanidine groups is 1. The standard InChI is InChI=1S/C18H30ClN5.HI/c1-15(2)14-22-18(20)21-7-4-8-23-9-11-24(12-10-23)17-6-3-5-16(19)13-17;/h3,5-6,13,15H,4,7-12,14H2,1-2H3,(H3,20,21,22);1H. The highest BCUT2D eigenvalue weighted by atomic mass is 127. The quantitative estimate of drug-likeness (QED) is 0.273. The topological polar surface area (TPSA) is 56.9 Å². The van der Waals surface area contributed by atoms with E-state index in [1.165, 1.54) is 5.69 Å². The Morgan fingerprint density at radius 1 is 1.28 bits per heavy atom. The van der Waals surface area contributed by atoms with E-state index in [0.29, 0.717) is 11.9 Å². The molecule has 0 saturated carbocycles. The Bertz CT molecular complexity index is 530. The molecule has 3 N–H and O–H groups in total. The van der Waals surface area contributed by atoms with Crippen LogP contribution >= 0.6 is 35.6 Å². The molecular weight excluding hydrogens is 449 g/mol. The first-order chi connectivity index (χ1) is 11.5. The SMILES string of the molecule is CC(C)CN=C(N)NCCCN1CCN(c2cccc(Cl)c2)CC1.I. The van der Waals surface area contributed by atoms with E-state index in [1.807, 2.05) is 18.2 Å². The molecule has 5 nitrogen and oxygen atoms in total. The molecule has 1 fully saturated rings. The number of benzene rings is 1. The third kappa shape index (κ3) is 8.46. The third-order valence-corrected chi connectivity index (χ3v) is 4.36. The Balaban J connectivity index is 0.00000312. The maximum atomic E-state index is 6.08. The smallest absolute Gasteiger partial charge is 0.188 e. The number of rotatable bonds is 7. The predicted octanol–water partition coefficient (Wildman–Crippen LogP) is 3.03. The van der Waals surface area contributed by atoms with Crippen molar-refractivity contribution in [2.24, 2.45) is 16.6 Å². The number of piperazine rings is 1. The Morgan fingerprint density at radius 2 is 2.00 bits per heavy atom. The zero-order valence-electron chi connectivity index (χ0n) is 15.2. The monoisotopic (exact) mass is 479 g/mol. The number of nitrogens with one attached hydrogen (secondary N) is 1. The fourth-order valence-electron chi connectivity index (χ4n) is 2.76. The average molecular weight is 480 g/mol. The largest absolute Gasteiger partial charge is 0.370 e. The Morgan fingerprint density at radius 3 is 2.64 bits per heavy atom. The van der Waals surface area contributed by atoms with Gasteiger partial charge in [0.1, 0.15) is 0 Å². The minimum atomic E-state index is 0. The molecule has 0 aromatic heterocycles. The number of halogens is 2. The Kier molecular flexibility index (Phi) is 10.5. The Labute approximate surface area is 174 Å². The minimum absolute atomic E-state index is 0. The van der Waals surface area contributed by atoms with E-state index in [9.17, 15) is 0 Å². The molecule has 7 heteroatoms. The van der Waals surface area contributed by atoms with Crippen molar-refractivity contribution in [1.82, 2.24) is 10.2 Å². The lowest BCUT2D eigenvalue weighted by Crippen LogP contribution is -2.47. The number of aliphatic imine (C=N–C) groups is 1. The highest BCUT2D eigenvalue weighted by molar-refractivity contribution is 14.0. The van der Waals surface area contributed by atoms with E-state index < -0.39 is 0 Å². The maximum Gasteiger partial charge on any atom is 0.188 e. The normalized spacial score (nSPS) is 16.0. The number of hydrogen-bond acceptors (Lipinski definition) is 3. The highest BCUT2D eigenvalue weighted by Crippen LogP contribution is 2.20. The molecule has 142 valence electrons. The molecule has 1 aliphatic rings. The highest BCUT2D eigenvalue weighted by Gasteiger charge is 2.16. The van der Waals surface area contributed by atoms with Crippen molar-refractivity contribution < 1.29 is 0 Å². The van der Waals surface area contributed by atoms with Crippen LogP contribution in [-0.2, 0) is 0 Å². The van der Waals surface area contributed by atoms with Gasteiger partial charge in [0.05, 0.1) is 0 Å². The van der Waals surface area contributed by atoms with E-state index in [2.05, 4.69) is 40.0 Å². The van der Waals surface area contributed by atoms with Crippen molar-refractivity contribution >= 4 is 47.2 Å². The Hall–Kier alpha value is -0.730. The molecule has 1 aromatic rings. The molecule has 0 aliphatic carbocycles. The molecule has 1 aromatic carbocycles. The van der Waals surface area contributed by atoms with Crippen LogP contribution in [-0.4, -0.2) is 56.7 Å². The van der Waals surface area contributed by atoms with Gasteiger partial charge in [-0.15, -0.1) is 24.0 Å². The van der Waals surface area contributed by atoms with Gasteiger partial charge in [-0.05, 0) is 37.1 Å². The molecule has 2 rings (SSSR count). The molecule has 0 radical (unpaired) electrons. The molecule has 0 unspecified atom stereocenters. The van der Waals surface area contributed by atoms with Crippen molar-refractivity contribution in [2.75, 3.05) is 50.7 Å². The van der Waals surface area contributed by atoms with Crippen LogP contribution in [0.1, 0.15) is 20.3 Å². The summed E-state index contributed by atoms with van der Waals surface area (Å²) in [4.78, 5) is 9.21. The van der Waals surface area contributed by atoms with Gasteiger partial charge in [0.15, 0.2) is 5.96 Å². The van der Waals surface area contributed by atoms with Crippen LogP contribution in [0, 0.1) is 5.92 Å². The third-order valence-electron chi connectivity index (χ3n) is 4.13. The van der Waals surface area contributed by atoms with Gasteiger partial charge in [-0.3, -0.25) is 9.89 Å². The zero-order valence-corrected chi connectivity index (χ0v) is 18.3. The second-order valence-corrected chi connectivity index (χ2v) is 7.15. The van der Waals surface area contributed by atoms with Crippen LogP contribution in [0.25, 0.3) is 0 Å². The average Bonchev–Trinajstić information content (AvgIpc) is 2.57. The summed E-state index contributed by atoms with van der Waals surface area (Å²) in [6.45, 7) is 11.3. The zero-order chi connectivity index (χ0) is 17.4. The summed E-state index contributed by atoms with van der Waals surface area (Å²) in [6, 6.07) is 8.11. The molecule has 0 bridgehead atoms. The number of nitrogens with two attached hydrogens (primary N) is 1. The molecule has 0 amide bonds. The molecule has 1 aliphatic heterocycles. The van der Waals surface area contributed by atoms with E-state index in [4.69, 9.17) is 17.3 Å². The van der Waals surface area contributed by atoms with Crippen molar-refractivity contribution in [3.63, 3.8) is 0 Å². The molecular formula is C18H31ClIN5. The van der Waals surface area contributed by atoms with Crippen LogP contribution in [0.4, 0.5) is 5.69 Å². The second kappa shape index (κ2) is 11.8. The molecule has 1 heterocycles. The van der Waals surface area contributed by atoms with Gasteiger partial charge < -0.3 is 16.0 Å². The van der Waals surface area contributed by atoms with Gasteiger partial charge in [0.2, 0.25) is 0 Å². The molecule has 1 saturated heterocycles. The van der Waals surface area contributed by atoms with Crippen LogP contribution in [0.3, 0.4) is 0 Å². The summed E-state index contributed by atoms with van der Waals surface area (Å²) in [5, 5.41) is 4.00. The summed E-state index contributed by atoms with van der Waals surface area (Å²) in [5.41, 5.74) is 7.06. The van der Waals surface area contributed by atoms with Crippen LogP contribution in [0.15, 0.2) is 29.3 Å². The summed E-state index contributed by atoms with van der Waals surface area (Å²) < 4.78 is 0. The first kappa shape index (κ1) is 22.3. The number of nitrogens with zero attached hydrogens (tertiary/aromatic N) is 3. The minimum Gasteiger partial charge on any atom is -0.370 e. The van der Waals surface area contributed by atoms with E-state index in [-0.39, 0.29) is 24.0 Å². The molecule has 25 heavy (non-hydrogen) atoms. The summed E-state index contributed by atoms with van der Waals surface area (Å²) in [7, 11) is 0. The fraction of sp³-hybridized carbons (Fsp3) is 0.611. The lowest BCUT2D eigenvalue weighted by Gasteiger charge is -2.36. The van der Waals surface area contributed by atoms with Crippen molar-refractivity contribution in [2.45, 2.75) is 20.3 Å². The molecule has 0 atom stereocenters. The fourth-order valence-corrected chi connectivity index (χ4v) is 2.94. The first-order valence-electron chi connectivity index (χ1n) is 8.81. The van der Waals surface area contributed by atoms with Crippen molar-refractivity contribution in [3.8, 4) is 0 Å². The van der Waals surface area contributed by atoms with Gasteiger partial charge in [0, 0.05) is 50.0 Å². The first-order valence-corrected chi connectivity index (χ1v) is 9.19. The maximum absolute atomic E-state index is 6.08. The predicted molar refractivity (Wildman–Crippen MR) is 119 cm³/mol. The summed E-state index contributed by atoms with van der Waals surface area (Å²) in [6.07, 6.45) is 1.08. The van der Waals surface area contributed by atoms with Crippen LogP contribution in [0.5, 0.6) is 0 Å². The van der Waals surface area contributed by atoms with E-state index in [1.54, 1.807) is 0 Å². The van der Waals surface area contributed by atoms with E-state index >= 15 is 0 Å². The van der Waals surface area contributed by atoms with Crippen molar-refractivity contribution in [3.05, 3.63) is 29.3 Å². The van der Waals surface area contributed by atoms with Gasteiger partial charge in [-0.25, -0.2) is 0 Å². The van der Waals surface area contributed by atoms with Gasteiger partial charge >= 0.3 is 0 Å². The van der Waals surface area contributed by atoms with Crippen molar-refractivity contribution in [1.29, 1.82) is 0 Å². The number of hydrogen-bond donors (Lipinski definition) is 2. The summed E-state index contributed by atoms with van der Waals surface area (Å²) >= 11 is 6.08. The lowest BCUT2D eigenvalue weighted by molar-refractivity contribution is 0.255. The molecule has 0 spiro atoms. The van der Waals surface area contributed by atoms with Gasteiger partial charge in [-0.2, -0.15) is 0 Å². The van der Waals surface area contributed by atoms with Crippen LogP contribution in [0.2, 0.25) is 5.02 Å². The van der Waals surface area contributed by atoms with Gasteiger partial charge in [0.25, 0.3) is 0 Å². The van der Waals surface area contributed by atoms with E-state index in [0.717, 1.165) is 57.3 Å². The van der Waals surface area contributed by atoms with Gasteiger partial charge in [-0.1, -0.05) is 31.5 Å². The lowest BCUT2D eigenvalue weighted by atomic mass is 10.2. The summed E-state index contributed by atoms with van der Waals surface area (Å²) in [5.74, 6) is 1.11.